The van der Waals surface area contributed by atoms with Crippen LogP contribution in [0.5, 0.6) is 5.75 Å². The van der Waals surface area contributed by atoms with Crippen molar-refractivity contribution in [3.8, 4) is 5.75 Å². The van der Waals surface area contributed by atoms with Gasteiger partial charge in [-0.05, 0) is 57.2 Å². The Morgan fingerprint density at radius 1 is 1.05 bits per heavy atom. The Hall–Kier alpha value is -1.31. The predicted octanol–water partition coefficient (Wildman–Crippen LogP) is 4.69. The van der Waals surface area contributed by atoms with Gasteiger partial charge >= 0.3 is 5.97 Å². The van der Waals surface area contributed by atoms with Gasteiger partial charge in [0.05, 0.1) is 5.41 Å². The first-order chi connectivity index (χ1) is 8.97. The fraction of sp³-hybridized carbons (Fsp3) is 0.588. The molecular weight excluding hydrogens is 236 g/mol. The average Bonchev–Trinajstić information content (AvgIpc) is 2.39. The van der Waals surface area contributed by atoms with Crippen LogP contribution in [0.2, 0.25) is 0 Å². The summed E-state index contributed by atoms with van der Waals surface area (Å²) in [6.45, 7) is 5.60. The SMILES string of the molecule is CC(C)(C)C(=O)Oc1ccc(C2CCCCC2)cc1. The highest BCUT2D eigenvalue weighted by atomic mass is 16.5. The maximum atomic E-state index is 11.8. The highest BCUT2D eigenvalue weighted by Gasteiger charge is 2.23. The van der Waals surface area contributed by atoms with Crippen molar-refractivity contribution in [3.05, 3.63) is 29.8 Å². The lowest BCUT2D eigenvalue weighted by molar-refractivity contribution is -0.142. The number of hydrogen-bond acceptors (Lipinski definition) is 2. The summed E-state index contributed by atoms with van der Waals surface area (Å²) >= 11 is 0. The van der Waals surface area contributed by atoms with E-state index in [1.165, 1.54) is 37.7 Å². The summed E-state index contributed by atoms with van der Waals surface area (Å²) in [5.41, 5.74) is 0.928. The van der Waals surface area contributed by atoms with E-state index in [4.69, 9.17) is 4.74 Å². The quantitative estimate of drug-likeness (QED) is 0.570. The second-order valence-electron chi connectivity index (χ2n) is 6.54. The molecule has 0 aliphatic heterocycles. The third-order valence-corrected chi connectivity index (χ3v) is 3.78. The largest absolute Gasteiger partial charge is 0.426 e. The maximum Gasteiger partial charge on any atom is 0.316 e. The molecule has 0 amide bonds. The molecule has 0 radical (unpaired) electrons. The Morgan fingerprint density at radius 2 is 1.63 bits per heavy atom. The lowest BCUT2D eigenvalue weighted by Crippen LogP contribution is -2.25. The molecule has 0 aromatic heterocycles. The lowest BCUT2D eigenvalue weighted by Gasteiger charge is -2.22. The van der Waals surface area contributed by atoms with E-state index in [-0.39, 0.29) is 5.97 Å². The van der Waals surface area contributed by atoms with Crippen LogP contribution in [0, 0.1) is 5.41 Å². The monoisotopic (exact) mass is 260 g/mol. The molecule has 2 nitrogen and oxygen atoms in total. The van der Waals surface area contributed by atoms with E-state index in [1.807, 2.05) is 32.9 Å². The van der Waals surface area contributed by atoms with E-state index in [0.29, 0.717) is 11.7 Å². The van der Waals surface area contributed by atoms with Gasteiger partial charge < -0.3 is 4.74 Å². The Kier molecular flexibility index (Phi) is 4.28. The molecule has 0 atom stereocenters. The van der Waals surface area contributed by atoms with Crippen molar-refractivity contribution in [2.75, 3.05) is 0 Å². The first-order valence-corrected chi connectivity index (χ1v) is 7.29. The van der Waals surface area contributed by atoms with Crippen molar-refractivity contribution in [3.63, 3.8) is 0 Å². The third-order valence-electron chi connectivity index (χ3n) is 3.78. The van der Waals surface area contributed by atoms with Gasteiger partial charge in [0, 0.05) is 0 Å². The number of carbonyl (C=O) groups is 1. The van der Waals surface area contributed by atoms with Gasteiger partial charge in [-0.15, -0.1) is 0 Å². The number of esters is 1. The summed E-state index contributed by atoms with van der Waals surface area (Å²) in [5.74, 6) is 1.17. The van der Waals surface area contributed by atoms with Gasteiger partial charge in [-0.2, -0.15) is 0 Å². The molecule has 2 rings (SSSR count). The number of ether oxygens (including phenoxy) is 1. The lowest BCUT2D eigenvalue weighted by atomic mass is 9.84. The van der Waals surface area contributed by atoms with E-state index in [9.17, 15) is 4.79 Å². The summed E-state index contributed by atoms with van der Waals surface area (Å²) in [7, 11) is 0. The molecule has 1 saturated carbocycles. The van der Waals surface area contributed by atoms with Gasteiger partial charge in [-0.1, -0.05) is 31.4 Å². The summed E-state index contributed by atoms with van der Waals surface area (Å²) in [6, 6.07) is 8.07. The highest BCUT2D eigenvalue weighted by molar-refractivity contribution is 5.77. The van der Waals surface area contributed by atoms with Gasteiger partial charge in [0.15, 0.2) is 0 Å². The second-order valence-corrected chi connectivity index (χ2v) is 6.54. The molecule has 1 aliphatic carbocycles. The van der Waals surface area contributed by atoms with E-state index in [0.717, 1.165) is 0 Å². The summed E-state index contributed by atoms with van der Waals surface area (Å²) in [5, 5.41) is 0. The Labute approximate surface area is 116 Å². The van der Waals surface area contributed by atoms with Gasteiger partial charge in [-0.25, -0.2) is 0 Å². The molecule has 19 heavy (non-hydrogen) atoms. The smallest absolute Gasteiger partial charge is 0.316 e. The zero-order chi connectivity index (χ0) is 13.9. The maximum absolute atomic E-state index is 11.8. The first kappa shape index (κ1) is 14.1. The number of carbonyl (C=O) groups excluding carboxylic acids is 1. The second kappa shape index (κ2) is 5.77. The van der Waals surface area contributed by atoms with Crippen molar-refractivity contribution >= 4 is 5.97 Å². The van der Waals surface area contributed by atoms with E-state index in [2.05, 4.69) is 12.1 Å². The van der Waals surface area contributed by atoms with Crippen LogP contribution in [0.15, 0.2) is 24.3 Å². The zero-order valence-corrected chi connectivity index (χ0v) is 12.2. The molecule has 0 spiro atoms. The summed E-state index contributed by atoms with van der Waals surface area (Å²) in [6.07, 6.45) is 6.64. The van der Waals surface area contributed by atoms with Crippen LogP contribution >= 0.6 is 0 Å². The van der Waals surface area contributed by atoms with Gasteiger partial charge in [-0.3, -0.25) is 4.79 Å². The molecule has 2 heteroatoms. The van der Waals surface area contributed by atoms with E-state index >= 15 is 0 Å². The minimum Gasteiger partial charge on any atom is -0.426 e. The van der Waals surface area contributed by atoms with Crippen molar-refractivity contribution < 1.29 is 9.53 Å². The van der Waals surface area contributed by atoms with Crippen LogP contribution in [0.4, 0.5) is 0 Å². The topological polar surface area (TPSA) is 26.3 Å². The third kappa shape index (κ3) is 3.82. The van der Waals surface area contributed by atoms with Crippen LogP contribution in [0.25, 0.3) is 0 Å². The Morgan fingerprint density at radius 3 is 2.16 bits per heavy atom. The number of hydrogen-bond donors (Lipinski definition) is 0. The molecular formula is C17H24O2. The molecule has 0 bridgehead atoms. The van der Waals surface area contributed by atoms with E-state index in [1.54, 1.807) is 0 Å². The molecule has 1 aromatic rings. The molecule has 0 heterocycles. The van der Waals surface area contributed by atoms with E-state index < -0.39 is 5.41 Å². The summed E-state index contributed by atoms with van der Waals surface area (Å²) in [4.78, 5) is 11.8. The molecule has 1 aromatic carbocycles. The zero-order valence-electron chi connectivity index (χ0n) is 12.2. The minimum absolute atomic E-state index is 0.182. The molecule has 1 fully saturated rings. The van der Waals surface area contributed by atoms with Gasteiger partial charge in [0.1, 0.15) is 5.75 Å². The van der Waals surface area contributed by atoms with Crippen molar-refractivity contribution in [1.82, 2.24) is 0 Å². The normalized spacial score (nSPS) is 17.2. The summed E-state index contributed by atoms with van der Waals surface area (Å²) < 4.78 is 5.38. The molecule has 0 saturated heterocycles. The highest BCUT2D eigenvalue weighted by Crippen LogP contribution is 2.33. The van der Waals surface area contributed by atoms with Crippen LogP contribution < -0.4 is 4.74 Å². The Balaban J connectivity index is 2.00. The molecule has 0 N–H and O–H groups in total. The van der Waals surface area contributed by atoms with Gasteiger partial charge in [0.25, 0.3) is 0 Å². The van der Waals surface area contributed by atoms with Crippen molar-refractivity contribution in [2.24, 2.45) is 5.41 Å². The number of benzene rings is 1. The van der Waals surface area contributed by atoms with Crippen LogP contribution in [-0.2, 0) is 4.79 Å². The molecule has 0 unspecified atom stereocenters. The van der Waals surface area contributed by atoms with Gasteiger partial charge in [0.2, 0.25) is 0 Å². The Bertz CT molecular complexity index is 420. The first-order valence-electron chi connectivity index (χ1n) is 7.29. The fourth-order valence-corrected chi connectivity index (χ4v) is 2.50. The molecule has 1 aliphatic rings. The fourth-order valence-electron chi connectivity index (χ4n) is 2.50. The average molecular weight is 260 g/mol. The number of rotatable bonds is 2. The van der Waals surface area contributed by atoms with Crippen LogP contribution in [0.3, 0.4) is 0 Å². The van der Waals surface area contributed by atoms with Crippen molar-refractivity contribution in [1.29, 1.82) is 0 Å². The van der Waals surface area contributed by atoms with Crippen LogP contribution in [-0.4, -0.2) is 5.97 Å². The minimum atomic E-state index is -0.456. The standard InChI is InChI=1S/C17H24O2/c1-17(2,3)16(18)19-15-11-9-14(10-12-15)13-7-5-4-6-8-13/h9-13H,4-8H2,1-3H3. The predicted molar refractivity (Wildman–Crippen MR) is 77.4 cm³/mol. The molecule has 104 valence electrons. The van der Waals surface area contributed by atoms with Crippen molar-refractivity contribution in [2.45, 2.75) is 58.8 Å². The van der Waals surface area contributed by atoms with Crippen LogP contribution in [0.1, 0.15) is 64.4 Å².